The molecule has 1 aliphatic heterocycles. The van der Waals surface area contributed by atoms with Gasteiger partial charge < -0.3 is 10.6 Å². The van der Waals surface area contributed by atoms with E-state index in [-0.39, 0.29) is 12.2 Å². The van der Waals surface area contributed by atoms with E-state index in [0.717, 1.165) is 62.5 Å². The van der Waals surface area contributed by atoms with Crippen molar-refractivity contribution in [2.45, 2.75) is 39.4 Å². The van der Waals surface area contributed by atoms with Gasteiger partial charge in [-0.15, -0.1) is 0 Å². The van der Waals surface area contributed by atoms with E-state index in [9.17, 15) is 13.6 Å². The van der Waals surface area contributed by atoms with E-state index in [1.807, 2.05) is 10.7 Å². The SMILES string of the molecule is CCCN1CCCn2nc(CNC(=O)Nc3ccc(F)c(F)c3)cc2C1. The Morgan fingerprint density at radius 3 is 2.85 bits per heavy atom. The molecule has 0 fully saturated rings. The van der Waals surface area contributed by atoms with Crippen LogP contribution in [0.15, 0.2) is 24.3 Å². The molecule has 140 valence electrons. The van der Waals surface area contributed by atoms with Crippen molar-refractivity contribution < 1.29 is 13.6 Å². The number of rotatable bonds is 5. The number of halogens is 2. The van der Waals surface area contributed by atoms with Gasteiger partial charge in [0.05, 0.1) is 17.9 Å². The fraction of sp³-hybridized carbons (Fsp3) is 0.444. The number of hydrogen-bond donors (Lipinski definition) is 2. The maximum Gasteiger partial charge on any atom is 0.319 e. The van der Waals surface area contributed by atoms with Gasteiger partial charge in [0.15, 0.2) is 11.6 Å². The molecule has 26 heavy (non-hydrogen) atoms. The summed E-state index contributed by atoms with van der Waals surface area (Å²) in [6, 6.07) is 4.73. The highest BCUT2D eigenvalue weighted by Gasteiger charge is 2.16. The van der Waals surface area contributed by atoms with E-state index >= 15 is 0 Å². The van der Waals surface area contributed by atoms with Gasteiger partial charge in [0.2, 0.25) is 0 Å². The molecule has 0 radical (unpaired) electrons. The van der Waals surface area contributed by atoms with Crippen molar-refractivity contribution in [3.8, 4) is 0 Å². The van der Waals surface area contributed by atoms with E-state index in [1.54, 1.807) is 0 Å². The first-order chi connectivity index (χ1) is 12.5. The number of fused-ring (bicyclic) bond motifs is 1. The number of nitrogens with one attached hydrogen (secondary N) is 2. The lowest BCUT2D eigenvalue weighted by Crippen LogP contribution is -2.28. The van der Waals surface area contributed by atoms with Crippen LogP contribution in [0.1, 0.15) is 31.2 Å². The third-order valence-corrected chi connectivity index (χ3v) is 4.29. The molecule has 1 aromatic carbocycles. The monoisotopic (exact) mass is 363 g/mol. The summed E-state index contributed by atoms with van der Waals surface area (Å²) in [5, 5.41) is 9.71. The summed E-state index contributed by atoms with van der Waals surface area (Å²) in [5.74, 6) is -1.95. The first-order valence-electron chi connectivity index (χ1n) is 8.83. The topological polar surface area (TPSA) is 62.2 Å². The van der Waals surface area contributed by atoms with Crippen LogP contribution in [-0.4, -0.2) is 33.8 Å². The first kappa shape index (κ1) is 18.3. The van der Waals surface area contributed by atoms with E-state index in [0.29, 0.717) is 0 Å². The Balaban J connectivity index is 1.55. The predicted octanol–water partition coefficient (Wildman–Crippen LogP) is 3.10. The van der Waals surface area contributed by atoms with Gasteiger partial charge in [-0.2, -0.15) is 5.10 Å². The van der Waals surface area contributed by atoms with Crippen LogP contribution in [-0.2, 0) is 19.6 Å². The Morgan fingerprint density at radius 2 is 2.08 bits per heavy atom. The van der Waals surface area contributed by atoms with E-state index in [2.05, 4.69) is 27.6 Å². The van der Waals surface area contributed by atoms with Gasteiger partial charge in [0.1, 0.15) is 0 Å². The molecular weight excluding hydrogens is 340 g/mol. The standard InChI is InChI=1S/C18H23F2N5O/c1-2-6-24-7-3-8-25-15(12-24)9-14(23-25)11-21-18(26)22-13-4-5-16(19)17(20)10-13/h4-5,9-10H,2-3,6-8,11-12H2,1H3,(H2,21,22,26). The third-order valence-electron chi connectivity index (χ3n) is 4.29. The molecule has 0 atom stereocenters. The zero-order valence-electron chi connectivity index (χ0n) is 14.8. The average Bonchev–Trinajstić information content (AvgIpc) is 2.89. The van der Waals surface area contributed by atoms with Gasteiger partial charge in [-0.3, -0.25) is 9.58 Å². The Labute approximate surface area is 151 Å². The highest BCUT2D eigenvalue weighted by atomic mass is 19.2. The zero-order valence-corrected chi connectivity index (χ0v) is 14.8. The van der Waals surface area contributed by atoms with E-state index < -0.39 is 17.7 Å². The Bertz CT molecular complexity index is 777. The lowest BCUT2D eigenvalue weighted by molar-refractivity contribution is 0.251. The molecule has 0 bridgehead atoms. The van der Waals surface area contributed by atoms with Crippen molar-refractivity contribution in [2.75, 3.05) is 18.4 Å². The van der Waals surface area contributed by atoms with Crippen molar-refractivity contribution in [3.63, 3.8) is 0 Å². The summed E-state index contributed by atoms with van der Waals surface area (Å²) < 4.78 is 28.1. The van der Waals surface area contributed by atoms with Crippen molar-refractivity contribution in [1.29, 1.82) is 0 Å². The van der Waals surface area contributed by atoms with Gasteiger partial charge in [-0.25, -0.2) is 13.6 Å². The van der Waals surface area contributed by atoms with Crippen LogP contribution in [0, 0.1) is 11.6 Å². The summed E-state index contributed by atoms with van der Waals surface area (Å²) in [4.78, 5) is 14.3. The van der Waals surface area contributed by atoms with Crippen LogP contribution >= 0.6 is 0 Å². The van der Waals surface area contributed by atoms with Gasteiger partial charge in [-0.05, 0) is 37.6 Å². The number of hydrogen-bond acceptors (Lipinski definition) is 3. The molecule has 0 spiro atoms. The molecule has 0 saturated carbocycles. The Morgan fingerprint density at radius 1 is 1.23 bits per heavy atom. The molecule has 2 N–H and O–H groups in total. The number of benzene rings is 1. The van der Waals surface area contributed by atoms with Crippen molar-refractivity contribution >= 4 is 11.7 Å². The second-order valence-corrected chi connectivity index (χ2v) is 6.42. The van der Waals surface area contributed by atoms with Gasteiger partial charge in [0, 0.05) is 31.4 Å². The minimum absolute atomic E-state index is 0.192. The molecule has 2 aromatic rings. The summed E-state index contributed by atoms with van der Waals surface area (Å²) in [7, 11) is 0. The van der Waals surface area contributed by atoms with Crippen LogP contribution in [0.25, 0.3) is 0 Å². The summed E-state index contributed by atoms with van der Waals surface area (Å²) in [5.41, 5.74) is 2.12. The average molecular weight is 363 g/mol. The molecule has 0 unspecified atom stereocenters. The Kier molecular flexibility index (Phi) is 5.82. The van der Waals surface area contributed by atoms with Crippen molar-refractivity contribution in [3.05, 3.63) is 47.3 Å². The summed E-state index contributed by atoms with van der Waals surface area (Å²) in [6.45, 7) is 6.31. The lowest BCUT2D eigenvalue weighted by atomic mass is 10.3. The molecule has 0 aliphatic carbocycles. The van der Waals surface area contributed by atoms with Gasteiger partial charge in [0.25, 0.3) is 0 Å². The minimum Gasteiger partial charge on any atom is -0.332 e. The van der Waals surface area contributed by atoms with Crippen molar-refractivity contribution in [1.82, 2.24) is 20.0 Å². The molecule has 8 heteroatoms. The largest absolute Gasteiger partial charge is 0.332 e. The van der Waals surface area contributed by atoms with Gasteiger partial charge in [-0.1, -0.05) is 6.92 Å². The molecule has 2 heterocycles. The smallest absolute Gasteiger partial charge is 0.319 e. The first-order valence-corrected chi connectivity index (χ1v) is 8.83. The second-order valence-electron chi connectivity index (χ2n) is 6.42. The van der Waals surface area contributed by atoms with E-state index in [1.165, 1.54) is 6.07 Å². The number of amides is 2. The van der Waals surface area contributed by atoms with E-state index in [4.69, 9.17) is 0 Å². The normalized spacial score (nSPS) is 14.6. The maximum atomic E-state index is 13.2. The number of carbonyl (C=O) groups excluding carboxylic acids is 1. The zero-order chi connectivity index (χ0) is 18.5. The van der Waals surface area contributed by atoms with Gasteiger partial charge >= 0.3 is 6.03 Å². The Hall–Kier alpha value is -2.48. The van der Waals surface area contributed by atoms with Crippen LogP contribution in [0.4, 0.5) is 19.3 Å². The molecule has 0 saturated heterocycles. The number of urea groups is 1. The van der Waals surface area contributed by atoms with Crippen LogP contribution < -0.4 is 10.6 Å². The fourth-order valence-corrected chi connectivity index (χ4v) is 3.10. The third kappa shape index (κ3) is 4.57. The number of carbonyl (C=O) groups is 1. The maximum absolute atomic E-state index is 13.2. The lowest BCUT2D eigenvalue weighted by Gasteiger charge is -2.17. The summed E-state index contributed by atoms with van der Waals surface area (Å²) in [6.07, 6.45) is 2.17. The summed E-state index contributed by atoms with van der Waals surface area (Å²) >= 11 is 0. The van der Waals surface area contributed by atoms with Crippen LogP contribution in [0.3, 0.4) is 0 Å². The fourth-order valence-electron chi connectivity index (χ4n) is 3.10. The number of aromatic nitrogens is 2. The molecular formula is C18H23F2N5O. The highest BCUT2D eigenvalue weighted by molar-refractivity contribution is 5.89. The quantitative estimate of drug-likeness (QED) is 0.858. The molecule has 3 rings (SSSR count). The number of anilines is 1. The molecule has 1 aromatic heterocycles. The highest BCUT2D eigenvalue weighted by Crippen LogP contribution is 2.15. The molecule has 1 aliphatic rings. The van der Waals surface area contributed by atoms with Crippen molar-refractivity contribution in [2.24, 2.45) is 0 Å². The van der Waals surface area contributed by atoms with Crippen LogP contribution in [0.2, 0.25) is 0 Å². The molecule has 2 amide bonds. The number of nitrogens with zero attached hydrogens (tertiary/aromatic N) is 3. The van der Waals surface area contributed by atoms with Crippen LogP contribution in [0.5, 0.6) is 0 Å². The predicted molar refractivity (Wildman–Crippen MR) is 94.6 cm³/mol. The minimum atomic E-state index is -1.00. The number of aryl methyl sites for hydroxylation is 1. The second kappa shape index (κ2) is 8.27. The molecule has 6 nitrogen and oxygen atoms in total.